The van der Waals surface area contributed by atoms with Gasteiger partial charge in [-0.3, -0.25) is 14.1 Å². The van der Waals surface area contributed by atoms with E-state index in [0.29, 0.717) is 11.3 Å². The maximum atomic E-state index is 14.9. The molecule has 0 unspecified atom stereocenters. The Balaban J connectivity index is 2.49. The molecule has 0 aliphatic carbocycles. The molecule has 0 saturated heterocycles. The number of rotatable bonds is 17. The molecule has 0 spiro atoms. The van der Waals surface area contributed by atoms with Crippen LogP contribution in [0.2, 0.25) is 0 Å². The Morgan fingerprint density at radius 2 is 1.09 bits per heavy atom. The number of carbonyl (C=O) groups excluding carboxylic acids is 1. The van der Waals surface area contributed by atoms with Gasteiger partial charge in [0.05, 0.1) is 39.2 Å². The zero-order valence-corrected chi connectivity index (χ0v) is 28.0. The van der Waals surface area contributed by atoms with E-state index in [1.807, 2.05) is 79.7 Å². The highest BCUT2D eigenvalue weighted by Gasteiger charge is 2.58. The van der Waals surface area contributed by atoms with E-state index < -0.39 is 38.5 Å². The normalized spacial score (nSPS) is 13.3. The van der Waals surface area contributed by atoms with Gasteiger partial charge >= 0.3 is 21.2 Å². The molecule has 0 aliphatic rings. The maximum Gasteiger partial charge on any atom is 0.346 e. The summed E-state index contributed by atoms with van der Waals surface area (Å²) in [5, 5.41) is -1.57. The SMILES string of the molecule is CCOP(=O)(OCC)C([C@H](c1ccc(C)cc1)[C@H](N=C(c1ccccc1)c1ccccc1)C(=O)OC)P(=O)(OCC)OCC. The molecule has 9 nitrogen and oxygen atoms in total. The lowest BCUT2D eigenvalue weighted by Gasteiger charge is -2.38. The third-order valence-corrected chi connectivity index (χ3v) is 12.9. The lowest BCUT2D eigenvalue weighted by atomic mass is 9.91. The van der Waals surface area contributed by atoms with Crippen molar-refractivity contribution in [2.75, 3.05) is 33.5 Å². The molecule has 11 heteroatoms. The topological polar surface area (TPSA) is 110 Å². The summed E-state index contributed by atoms with van der Waals surface area (Å²) < 4.78 is 58.4. The summed E-state index contributed by atoms with van der Waals surface area (Å²) in [6.07, 6.45) is 0. The van der Waals surface area contributed by atoms with Crippen molar-refractivity contribution < 1.29 is 36.8 Å². The van der Waals surface area contributed by atoms with E-state index >= 15 is 0 Å². The molecular formula is C33H43NO8P2. The number of aliphatic imine (C=N–C) groups is 1. The third-order valence-electron chi connectivity index (χ3n) is 6.81. The van der Waals surface area contributed by atoms with Crippen LogP contribution in [0.25, 0.3) is 0 Å². The number of methoxy groups -OCH3 is 1. The molecule has 44 heavy (non-hydrogen) atoms. The van der Waals surface area contributed by atoms with Crippen LogP contribution in [0.1, 0.15) is 55.9 Å². The van der Waals surface area contributed by atoms with Crippen molar-refractivity contribution in [1.29, 1.82) is 0 Å². The van der Waals surface area contributed by atoms with Crippen LogP contribution in [0, 0.1) is 6.92 Å². The fourth-order valence-corrected chi connectivity index (χ4v) is 10.9. The number of aryl methyl sites for hydroxylation is 1. The van der Waals surface area contributed by atoms with Crippen molar-refractivity contribution in [3.05, 3.63) is 107 Å². The van der Waals surface area contributed by atoms with Gasteiger partial charge in [-0.1, -0.05) is 90.5 Å². The Labute approximate surface area is 261 Å². The molecule has 0 fully saturated rings. The molecule has 0 N–H and O–H groups in total. The summed E-state index contributed by atoms with van der Waals surface area (Å²) in [6.45, 7) is 8.50. The van der Waals surface area contributed by atoms with Gasteiger partial charge < -0.3 is 22.8 Å². The van der Waals surface area contributed by atoms with Crippen LogP contribution < -0.4 is 0 Å². The van der Waals surface area contributed by atoms with Crippen molar-refractivity contribution in [3.8, 4) is 0 Å². The summed E-state index contributed by atoms with van der Waals surface area (Å²) in [4.78, 5) is 19.0. The van der Waals surface area contributed by atoms with Crippen molar-refractivity contribution in [3.63, 3.8) is 0 Å². The van der Waals surface area contributed by atoms with Crippen molar-refractivity contribution in [2.24, 2.45) is 4.99 Å². The summed E-state index contributed by atoms with van der Waals surface area (Å²) in [7, 11) is -7.39. The monoisotopic (exact) mass is 643 g/mol. The van der Waals surface area contributed by atoms with Crippen LogP contribution in [0.15, 0.2) is 89.9 Å². The molecular weight excluding hydrogens is 600 g/mol. The van der Waals surface area contributed by atoms with Crippen LogP contribution in [0.3, 0.4) is 0 Å². The van der Waals surface area contributed by atoms with E-state index in [-0.39, 0.29) is 26.4 Å². The summed E-state index contributed by atoms with van der Waals surface area (Å²) in [5.74, 6) is -1.91. The molecule has 3 rings (SSSR count). The molecule has 0 saturated carbocycles. The molecule has 0 bridgehead atoms. The zero-order valence-electron chi connectivity index (χ0n) is 26.3. The molecule has 2 atom stereocenters. The Kier molecular flexibility index (Phi) is 13.7. The zero-order chi connectivity index (χ0) is 32.2. The van der Waals surface area contributed by atoms with Crippen LogP contribution in [-0.4, -0.2) is 56.7 Å². The van der Waals surface area contributed by atoms with E-state index in [2.05, 4.69) is 0 Å². The quantitative estimate of drug-likeness (QED) is 0.0827. The Morgan fingerprint density at radius 1 is 0.682 bits per heavy atom. The highest BCUT2D eigenvalue weighted by atomic mass is 31.2. The predicted molar refractivity (Wildman–Crippen MR) is 174 cm³/mol. The summed E-state index contributed by atoms with van der Waals surface area (Å²) in [6, 6.07) is 24.7. The second-order valence-electron chi connectivity index (χ2n) is 9.78. The van der Waals surface area contributed by atoms with Crippen molar-refractivity contribution in [2.45, 2.75) is 52.0 Å². The number of hydrogen-bond donors (Lipinski definition) is 0. The Morgan fingerprint density at radius 3 is 1.45 bits per heavy atom. The smallest absolute Gasteiger partial charge is 0.346 e. The lowest BCUT2D eigenvalue weighted by molar-refractivity contribution is -0.142. The summed E-state index contributed by atoms with van der Waals surface area (Å²) >= 11 is 0. The van der Waals surface area contributed by atoms with Gasteiger partial charge in [-0.05, 0) is 40.2 Å². The van der Waals surface area contributed by atoms with Crippen LogP contribution >= 0.6 is 15.2 Å². The highest BCUT2D eigenvalue weighted by molar-refractivity contribution is 7.72. The molecule has 238 valence electrons. The number of benzene rings is 3. The number of ether oxygens (including phenoxy) is 1. The fraction of sp³-hybridized carbons (Fsp3) is 0.394. The molecule has 0 amide bonds. The molecule has 3 aromatic rings. The third kappa shape index (κ3) is 8.63. The minimum atomic E-state index is -4.33. The first kappa shape index (κ1) is 35.6. The van der Waals surface area contributed by atoms with Gasteiger partial charge in [0.1, 0.15) is 0 Å². The minimum Gasteiger partial charge on any atom is -0.467 e. The van der Waals surface area contributed by atoms with Gasteiger partial charge in [0.2, 0.25) is 0 Å². The Hall–Kier alpha value is -2.90. The molecule has 0 radical (unpaired) electrons. The molecule has 0 aliphatic heterocycles. The van der Waals surface area contributed by atoms with E-state index in [0.717, 1.165) is 16.7 Å². The average Bonchev–Trinajstić information content (AvgIpc) is 3.02. The molecule has 0 heterocycles. The van der Waals surface area contributed by atoms with Gasteiger partial charge in [-0.2, -0.15) is 0 Å². The molecule has 0 aromatic heterocycles. The number of esters is 1. The number of carbonyl (C=O) groups is 1. The Bertz CT molecular complexity index is 1360. The maximum absolute atomic E-state index is 14.9. The van der Waals surface area contributed by atoms with Crippen LogP contribution in [-0.2, 0) is 36.8 Å². The highest BCUT2D eigenvalue weighted by Crippen LogP contribution is 2.74. The number of hydrogen-bond acceptors (Lipinski definition) is 9. The van der Waals surface area contributed by atoms with E-state index in [1.54, 1.807) is 39.8 Å². The lowest BCUT2D eigenvalue weighted by Crippen LogP contribution is -2.38. The first-order valence-corrected chi connectivity index (χ1v) is 18.0. The minimum absolute atomic E-state index is 0.0158. The first-order valence-electron chi connectivity index (χ1n) is 14.8. The van der Waals surface area contributed by atoms with Gasteiger partial charge in [0.15, 0.2) is 11.4 Å². The standard InChI is InChI=1S/C33H43NO8P2/c1-7-39-43(36,40-8-2)33(44(37,41-9-3)42-10-4)29(26-23-21-25(5)22-24-26)31(32(35)38-6)34-30(27-17-13-11-14-18-27)28-19-15-12-16-20-28/h11-24,29,31,33H,7-10H2,1-6H3/t29-,31+/m1/s1. The van der Waals surface area contributed by atoms with Gasteiger partial charge in [0, 0.05) is 17.0 Å². The molecule has 3 aromatic carbocycles. The van der Waals surface area contributed by atoms with Crippen molar-refractivity contribution >= 4 is 26.9 Å². The fourth-order valence-electron chi connectivity index (χ4n) is 5.02. The first-order chi connectivity index (χ1) is 21.2. The second-order valence-corrected chi connectivity index (χ2v) is 14.5. The predicted octanol–water partition coefficient (Wildman–Crippen LogP) is 8.02. The van der Waals surface area contributed by atoms with Crippen LogP contribution in [0.5, 0.6) is 0 Å². The van der Waals surface area contributed by atoms with Gasteiger partial charge in [-0.15, -0.1) is 0 Å². The largest absolute Gasteiger partial charge is 0.467 e. The number of nitrogens with zero attached hydrogens (tertiary/aromatic N) is 1. The average molecular weight is 644 g/mol. The van der Waals surface area contributed by atoms with E-state index in [1.165, 1.54) is 7.11 Å². The van der Waals surface area contributed by atoms with Crippen LogP contribution in [0.4, 0.5) is 0 Å². The van der Waals surface area contributed by atoms with E-state index in [9.17, 15) is 13.9 Å². The van der Waals surface area contributed by atoms with Gasteiger partial charge in [-0.25, -0.2) is 4.79 Å². The van der Waals surface area contributed by atoms with Crippen molar-refractivity contribution in [1.82, 2.24) is 0 Å². The summed E-state index contributed by atoms with van der Waals surface area (Å²) in [5.41, 5.74) is 3.43. The second kappa shape index (κ2) is 17.0. The van der Waals surface area contributed by atoms with Gasteiger partial charge in [0.25, 0.3) is 0 Å². The van der Waals surface area contributed by atoms with E-state index in [4.69, 9.17) is 27.8 Å².